The molecule has 0 N–H and O–H groups in total. The van der Waals surface area contributed by atoms with Crippen LogP contribution in [0.3, 0.4) is 0 Å². The summed E-state index contributed by atoms with van der Waals surface area (Å²) in [5, 5.41) is 0. The lowest BCUT2D eigenvalue weighted by Crippen LogP contribution is -2.07. The summed E-state index contributed by atoms with van der Waals surface area (Å²) in [6.07, 6.45) is 0.100. The van der Waals surface area contributed by atoms with Gasteiger partial charge in [0.05, 0.1) is 6.10 Å². The first-order valence-electron chi connectivity index (χ1n) is 6.13. The monoisotopic (exact) mass is 366 g/mol. The molecule has 2 nitrogen and oxygen atoms in total. The summed E-state index contributed by atoms with van der Waals surface area (Å²) in [4.78, 5) is 12.4. The molecule has 3 heteroatoms. The number of carbonyl (C=O) groups is 1. The molecule has 0 unspecified atom stereocenters. The van der Waals surface area contributed by atoms with E-state index >= 15 is 0 Å². The van der Waals surface area contributed by atoms with E-state index in [-0.39, 0.29) is 11.9 Å². The van der Waals surface area contributed by atoms with Gasteiger partial charge in [-0.3, -0.25) is 4.79 Å². The topological polar surface area (TPSA) is 26.3 Å². The third-order valence-corrected chi connectivity index (χ3v) is 3.23. The number of hydrogen-bond acceptors (Lipinski definition) is 2. The van der Waals surface area contributed by atoms with Crippen molar-refractivity contribution in [3.05, 3.63) is 63.2 Å². The number of rotatable bonds is 4. The maximum atomic E-state index is 12.4. The fraction of sp³-hybridized carbons (Fsp3) is 0.188. The zero-order valence-electron chi connectivity index (χ0n) is 10.9. The standard InChI is InChI=1S/C16H15IO2/c1-11(2)19-15-8-4-6-13(10-15)16(18)12-5-3-7-14(17)9-12/h3-11H,1-2H3. The van der Waals surface area contributed by atoms with Crippen LogP contribution in [0.4, 0.5) is 0 Å². The van der Waals surface area contributed by atoms with Gasteiger partial charge in [0, 0.05) is 14.7 Å². The van der Waals surface area contributed by atoms with E-state index in [1.54, 1.807) is 6.07 Å². The van der Waals surface area contributed by atoms with Crippen molar-refractivity contribution in [2.75, 3.05) is 0 Å². The third-order valence-electron chi connectivity index (χ3n) is 2.55. The van der Waals surface area contributed by atoms with Gasteiger partial charge in [0.1, 0.15) is 5.75 Å². The largest absolute Gasteiger partial charge is 0.491 e. The molecule has 0 fully saturated rings. The summed E-state index contributed by atoms with van der Waals surface area (Å²) in [7, 11) is 0. The van der Waals surface area contributed by atoms with Crippen molar-refractivity contribution in [3.8, 4) is 5.75 Å². The normalized spacial score (nSPS) is 10.5. The summed E-state index contributed by atoms with van der Waals surface area (Å²) in [5.41, 5.74) is 1.36. The quantitative estimate of drug-likeness (QED) is 0.596. The molecule has 0 bridgehead atoms. The van der Waals surface area contributed by atoms with Crippen LogP contribution in [0.1, 0.15) is 29.8 Å². The highest BCUT2D eigenvalue weighted by atomic mass is 127. The van der Waals surface area contributed by atoms with Crippen molar-refractivity contribution in [2.24, 2.45) is 0 Å². The van der Waals surface area contributed by atoms with Crippen molar-refractivity contribution in [3.63, 3.8) is 0 Å². The Morgan fingerprint density at radius 1 is 1.05 bits per heavy atom. The minimum atomic E-state index is 0.0210. The summed E-state index contributed by atoms with van der Waals surface area (Å²) >= 11 is 2.20. The Labute approximate surface area is 126 Å². The Balaban J connectivity index is 2.29. The molecular formula is C16H15IO2. The molecule has 0 aliphatic heterocycles. The molecule has 0 saturated carbocycles. The lowest BCUT2D eigenvalue weighted by atomic mass is 10.0. The smallest absolute Gasteiger partial charge is 0.193 e. The predicted molar refractivity (Wildman–Crippen MR) is 84.8 cm³/mol. The number of benzene rings is 2. The molecule has 0 heterocycles. The van der Waals surface area contributed by atoms with Crippen LogP contribution in [0.25, 0.3) is 0 Å². The Morgan fingerprint density at radius 3 is 2.32 bits per heavy atom. The lowest BCUT2D eigenvalue weighted by molar-refractivity contribution is 0.103. The van der Waals surface area contributed by atoms with Crippen LogP contribution < -0.4 is 4.74 Å². The number of ketones is 1. The van der Waals surface area contributed by atoms with Crippen molar-refractivity contribution in [1.29, 1.82) is 0 Å². The van der Waals surface area contributed by atoms with Gasteiger partial charge in [-0.2, -0.15) is 0 Å². The molecule has 0 saturated heterocycles. The first kappa shape index (κ1) is 14.1. The molecule has 0 aliphatic carbocycles. The number of carbonyl (C=O) groups excluding carboxylic acids is 1. The summed E-state index contributed by atoms with van der Waals surface area (Å²) < 4.78 is 6.66. The highest BCUT2D eigenvalue weighted by molar-refractivity contribution is 14.1. The van der Waals surface area contributed by atoms with E-state index in [1.807, 2.05) is 56.3 Å². The second-order valence-corrected chi connectivity index (χ2v) is 5.78. The zero-order chi connectivity index (χ0) is 13.8. The zero-order valence-corrected chi connectivity index (χ0v) is 13.0. The molecule has 98 valence electrons. The van der Waals surface area contributed by atoms with E-state index in [4.69, 9.17) is 4.74 Å². The maximum absolute atomic E-state index is 12.4. The van der Waals surface area contributed by atoms with Gasteiger partial charge in [0.15, 0.2) is 5.78 Å². The van der Waals surface area contributed by atoms with E-state index in [0.717, 1.165) is 9.32 Å². The second kappa shape index (κ2) is 6.19. The highest BCUT2D eigenvalue weighted by Crippen LogP contribution is 2.18. The molecule has 2 aromatic rings. The number of ether oxygens (including phenoxy) is 1. The first-order chi connectivity index (χ1) is 9.06. The maximum Gasteiger partial charge on any atom is 0.193 e. The van der Waals surface area contributed by atoms with Gasteiger partial charge < -0.3 is 4.74 Å². The highest BCUT2D eigenvalue weighted by Gasteiger charge is 2.10. The Hall–Kier alpha value is -1.36. The molecule has 19 heavy (non-hydrogen) atoms. The van der Waals surface area contributed by atoms with Crippen LogP contribution >= 0.6 is 22.6 Å². The van der Waals surface area contributed by atoms with E-state index in [0.29, 0.717) is 11.1 Å². The van der Waals surface area contributed by atoms with Gasteiger partial charge in [-0.1, -0.05) is 24.3 Å². The summed E-state index contributed by atoms with van der Waals surface area (Å²) in [5.74, 6) is 0.749. The molecule has 0 amide bonds. The third kappa shape index (κ3) is 3.80. The molecule has 2 aromatic carbocycles. The Morgan fingerprint density at radius 2 is 1.68 bits per heavy atom. The van der Waals surface area contributed by atoms with E-state index in [2.05, 4.69) is 22.6 Å². The fourth-order valence-electron chi connectivity index (χ4n) is 1.78. The lowest BCUT2D eigenvalue weighted by Gasteiger charge is -2.10. The molecule has 2 rings (SSSR count). The average Bonchev–Trinajstić information content (AvgIpc) is 2.37. The van der Waals surface area contributed by atoms with Crippen molar-refractivity contribution < 1.29 is 9.53 Å². The van der Waals surface area contributed by atoms with Gasteiger partial charge in [-0.25, -0.2) is 0 Å². The Kier molecular flexibility index (Phi) is 4.58. The molecule has 0 atom stereocenters. The van der Waals surface area contributed by atoms with Crippen molar-refractivity contribution >= 4 is 28.4 Å². The van der Waals surface area contributed by atoms with E-state index in [9.17, 15) is 4.79 Å². The van der Waals surface area contributed by atoms with Crippen LogP contribution in [0.5, 0.6) is 5.75 Å². The number of halogens is 1. The SMILES string of the molecule is CC(C)Oc1cccc(C(=O)c2cccc(I)c2)c1. The first-order valence-corrected chi connectivity index (χ1v) is 7.21. The van der Waals surface area contributed by atoms with Crippen LogP contribution in [-0.2, 0) is 0 Å². The minimum absolute atomic E-state index is 0.0210. The van der Waals surface area contributed by atoms with Gasteiger partial charge in [0.25, 0.3) is 0 Å². The van der Waals surface area contributed by atoms with Gasteiger partial charge >= 0.3 is 0 Å². The fourth-order valence-corrected chi connectivity index (χ4v) is 2.32. The van der Waals surface area contributed by atoms with Crippen LogP contribution in [-0.4, -0.2) is 11.9 Å². The van der Waals surface area contributed by atoms with E-state index < -0.39 is 0 Å². The molecular weight excluding hydrogens is 351 g/mol. The predicted octanol–water partition coefficient (Wildman–Crippen LogP) is 4.31. The van der Waals surface area contributed by atoms with Crippen LogP contribution in [0, 0.1) is 3.57 Å². The second-order valence-electron chi connectivity index (χ2n) is 4.53. The average molecular weight is 366 g/mol. The van der Waals surface area contributed by atoms with Crippen molar-refractivity contribution in [1.82, 2.24) is 0 Å². The summed E-state index contributed by atoms with van der Waals surface area (Å²) in [6, 6.07) is 14.9. The van der Waals surface area contributed by atoms with Crippen LogP contribution in [0.2, 0.25) is 0 Å². The molecule has 0 aliphatic rings. The Bertz CT molecular complexity index is 591. The van der Waals surface area contributed by atoms with E-state index in [1.165, 1.54) is 0 Å². The minimum Gasteiger partial charge on any atom is -0.491 e. The molecule has 0 spiro atoms. The van der Waals surface area contributed by atoms with Crippen LogP contribution in [0.15, 0.2) is 48.5 Å². The molecule has 0 radical (unpaired) electrons. The van der Waals surface area contributed by atoms with Gasteiger partial charge in [-0.05, 0) is 60.7 Å². The number of hydrogen-bond donors (Lipinski definition) is 0. The summed E-state index contributed by atoms with van der Waals surface area (Å²) in [6.45, 7) is 3.93. The van der Waals surface area contributed by atoms with Gasteiger partial charge in [0.2, 0.25) is 0 Å². The molecule has 0 aromatic heterocycles. The van der Waals surface area contributed by atoms with Gasteiger partial charge in [-0.15, -0.1) is 0 Å². The van der Waals surface area contributed by atoms with Crippen molar-refractivity contribution in [2.45, 2.75) is 20.0 Å².